The predicted molar refractivity (Wildman–Crippen MR) is 98.7 cm³/mol. The molecule has 0 N–H and O–H groups in total. The number of carbonyl (C=O) groups is 1. The first-order valence-electron chi connectivity index (χ1n) is 8.41. The van der Waals surface area contributed by atoms with Crippen LogP contribution in [0.4, 0.5) is 4.39 Å². The quantitative estimate of drug-likeness (QED) is 0.781. The van der Waals surface area contributed by atoms with Crippen molar-refractivity contribution in [3.8, 4) is 0 Å². The molecule has 0 unspecified atom stereocenters. The van der Waals surface area contributed by atoms with E-state index >= 15 is 0 Å². The van der Waals surface area contributed by atoms with E-state index in [0.29, 0.717) is 32.5 Å². The third kappa shape index (κ3) is 4.13. The maximum absolute atomic E-state index is 13.0. The van der Waals surface area contributed by atoms with Gasteiger partial charge in [-0.25, -0.2) is 12.8 Å². The smallest absolute Gasteiger partial charge is 0.243 e. The highest BCUT2D eigenvalue weighted by atomic mass is 32.2. The van der Waals surface area contributed by atoms with Gasteiger partial charge < -0.3 is 4.90 Å². The van der Waals surface area contributed by atoms with E-state index in [1.54, 1.807) is 23.3 Å². The molecule has 1 aliphatic heterocycles. The SMILES string of the molecule is CN(Cc1cccs1)C(=O)C1CCN(S(=O)(=O)c2ccc(F)cc2)CC1. The molecule has 5 nitrogen and oxygen atoms in total. The highest BCUT2D eigenvalue weighted by Gasteiger charge is 2.33. The number of benzene rings is 1. The van der Waals surface area contributed by atoms with Gasteiger partial charge in [0.05, 0.1) is 11.4 Å². The lowest BCUT2D eigenvalue weighted by Crippen LogP contribution is -2.43. The molecular weight excluding hydrogens is 375 g/mol. The Bertz CT molecular complexity index is 843. The topological polar surface area (TPSA) is 57.7 Å². The van der Waals surface area contributed by atoms with Crippen LogP contribution in [-0.4, -0.2) is 43.7 Å². The van der Waals surface area contributed by atoms with E-state index in [-0.39, 0.29) is 16.7 Å². The summed E-state index contributed by atoms with van der Waals surface area (Å²) in [6.45, 7) is 1.16. The van der Waals surface area contributed by atoms with Gasteiger partial charge in [-0.2, -0.15) is 4.31 Å². The minimum absolute atomic E-state index is 0.0530. The van der Waals surface area contributed by atoms with Gasteiger partial charge in [0, 0.05) is 30.9 Å². The van der Waals surface area contributed by atoms with Crippen LogP contribution in [-0.2, 0) is 21.4 Å². The minimum Gasteiger partial charge on any atom is -0.340 e. The van der Waals surface area contributed by atoms with Crippen LogP contribution in [0.1, 0.15) is 17.7 Å². The lowest BCUT2D eigenvalue weighted by atomic mass is 9.96. The van der Waals surface area contributed by atoms with Crippen LogP contribution in [0.15, 0.2) is 46.7 Å². The molecule has 0 spiro atoms. The summed E-state index contributed by atoms with van der Waals surface area (Å²) in [7, 11) is -1.86. The van der Waals surface area contributed by atoms with Crippen molar-refractivity contribution in [3.05, 3.63) is 52.5 Å². The van der Waals surface area contributed by atoms with E-state index in [4.69, 9.17) is 0 Å². The maximum Gasteiger partial charge on any atom is 0.243 e. The first kappa shape index (κ1) is 19.0. The lowest BCUT2D eigenvalue weighted by molar-refractivity contribution is -0.135. The summed E-state index contributed by atoms with van der Waals surface area (Å²) in [6, 6.07) is 8.78. The van der Waals surface area contributed by atoms with E-state index in [0.717, 1.165) is 17.0 Å². The van der Waals surface area contributed by atoms with Gasteiger partial charge in [-0.3, -0.25) is 4.79 Å². The summed E-state index contributed by atoms with van der Waals surface area (Å²) in [5.41, 5.74) is 0. The molecule has 1 aromatic carbocycles. The van der Waals surface area contributed by atoms with Gasteiger partial charge in [-0.15, -0.1) is 11.3 Å². The van der Waals surface area contributed by atoms with Gasteiger partial charge in [0.15, 0.2) is 0 Å². The summed E-state index contributed by atoms with van der Waals surface area (Å²) < 4.78 is 39.7. The average molecular weight is 397 g/mol. The van der Waals surface area contributed by atoms with Gasteiger partial charge >= 0.3 is 0 Å². The molecule has 0 radical (unpaired) electrons. The van der Waals surface area contributed by atoms with Gasteiger partial charge in [-0.1, -0.05) is 6.07 Å². The molecule has 0 bridgehead atoms. The number of carbonyl (C=O) groups excluding carboxylic acids is 1. The van der Waals surface area contributed by atoms with Crippen LogP contribution in [0.3, 0.4) is 0 Å². The Morgan fingerprint density at radius 3 is 2.46 bits per heavy atom. The Labute approximate surface area is 157 Å². The summed E-state index contributed by atoms with van der Waals surface area (Å²) in [5, 5.41) is 1.98. The normalized spacial score (nSPS) is 16.5. The zero-order valence-electron chi connectivity index (χ0n) is 14.5. The highest BCUT2D eigenvalue weighted by molar-refractivity contribution is 7.89. The molecule has 2 aromatic rings. The lowest BCUT2D eigenvalue weighted by Gasteiger charge is -2.32. The number of piperidine rings is 1. The Morgan fingerprint density at radius 2 is 1.88 bits per heavy atom. The molecule has 1 amide bonds. The summed E-state index contributed by atoms with van der Waals surface area (Å²) in [4.78, 5) is 15.5. The van der Waals surface area contributed by atoms with Crippen LogP contribution < -0.4 is 0 Å². The first-order chi connectivity index (χ1) is 12.4. The van der Waals surface area contributed by atoms with Crippen molar-refractivity contribution >= 4 is 27.3 Å². The molecule has 0 saturated carbocycles. The zero-order valence-corrected chi connectivity index (χ0v) is 16.1. The molecule has 2 heterocycles. The fourth-order valence-corrected chi connectivity index (χ4v) is 5.35. The molecule has 8 heteroatoms. The van der Waals surface area contributed by atoms with Crippen LogP contribution in [0.25, 0.3) is 0 Å². The number of sulfonamides is 1. The van der Waals surface area contributed by atoms with Crippen molar-refractivity contribution in [1.82, 2.24) is 9.21 Å². The zero-order chi connectivity index (χ0) is 18.7. The standard InChI is InChI=1S/C18H21FN2O3S2/c1-20(13-16-3-2-12-25-16)18(22)14-8-10-21(11-9-14)26(23,24)17-6-4-15(19)5-7-17/h2-7,12,14H,8-11,13H2,1H3. The second-order valence-corrected chi connectivity index (χ2v) is 9.38. The van der Waals surface area contributed by atoms with Crippen LogP contribution in [0.2, 0.25) is 0 Å². The summed E-state index contributed by atoms with van der Waals surface area (Å²) >= 11 is 1.61. The van der Waals surface area contributed by atoms with Crippen LogP contribution >= 0.6 is 11.3 Å². The highest BCUT2D eigenvalue weighted by Crippen LogP contribution is 2.25. The van der Waals surface area contributed by atoms with Crippen LogP contribution in [0, 0.1) is 11.7 Å². The van der Waals surface area contributed by atoms with Gasteiger partial charge in [0.25, 0.3) is 0 Å². The first-order valence-corrected chi connectivity index (χ1v) is 10.7. The van der Waals surface area contributed by atoms with Gasteiger partial charge in [-0.05, 0) is 48.6 Å². The minimum atomic E-state index is -3.65. The fourth-order valence-electron chi connectivity index (χ4n) is 3.12. The van der Waals surface area contributed by atoms with E-state index in [1.807, 2.05) is 17.5 Å². The predicted octanol–water partition coefficient (Wildman–Crippen LogP) is 2.95. The maximum atomic E-state index is 13.0. The Morgan fingerprint density at radius 1 is 1.23 bits per heavy atom. The van der Waals surface area contributed by atoms with Gasteiger partial charge in [0.2, 0.25) is 15.9 Å². The number of rotatable bonds is 5. The van der Waals surface area contributed by atoms with Crippen molar-refractivity contribution in [2.75, 3.05) is 20.1 Å². The molecular formula is C18H21FN2O3S2. The molecule has 140 valence electrons. The van der Waals surface area contributed by atoms with E-state index in [1.165, 1.54) is 16.4 Å². The second-order valence-electron chi connectivity index (χ2n) is 6.41. The molecule has 1 fully saturated rings. The molecule has 1 aliphatic rings. The molecule has 0 aliphatic carbocycles. The Kier molecular flexibility index (Phi) is 5.74. The number of hydrogen-bond acceptors (Lipinski definition) is 4. The number of amides is 1. The average Bonchev–Trinajstić information content (AvgIpc) is 3.14. The third-order valence-corrected chi connectivity index (χ3v) is 7.38. The largest absolute Gasteiger partial charge is 0.340 e. The van der Waals surface area contributed by atoms with Crippen molar-refractivity contribution in [2.24, 2.45) is 5.92 Å². The Balaban J connectivity index is 1.59. The van der Waals surface area contributed by atoms with Gasteiger partial charge in [0.1, 0.15) is 5.82 Å². The van der Waals surface area contributed by atoms with Crippen LogP contribution in [0.5, 0.6) is 0 Å². The molecule has 1 saturated heterocycles. The van der Waals surface area contributed by atoms with Crippen molar-refractivity contribution < 1.29 is 17.6 Å². The summed E-state index contributed by atoms with van der Waals surface area (Å²) in [6.07, 6.45) is 0.988. The molecule has 26 heavy (non-hydrogen) atoms. The monoisotopic (exact) mass is 396 g/mol. The van der Waals surface area contributed by atoms with Crippen molar-refractivity contribution in [2.45, 2.75) is 24.3 Å². The number of thiophene rings is 1. The number of halogens is 1. The summed E-state index contributed by atoms with van der Waals surface area (Å²) in [5.74, 6) is -0.584. The van der Waals surface area contributed by atoms with E-state index in [2.05, 4.69) is 0 Å². The third-order valence-electron chi connectivity index (χ3n) is 4.60. The second kappa shape index (κ2) is 7.85. The van der Waals surface area contributed by atoms with Crippen molar-refractivity contribution in [1.29, 1.82) is 0 Å². The Hall–Kier alpha value is -1.77. The van der Waals surface area contributed by atoms with E-state index in [9.17, 15) is 17.6 Å². The van der Waals surface area contributed by atoms with E-state index < -0.39 is 15.8 Å². The fraction of sp³-hybridized carbons (Fsp3) is 0.389. The van der Waals surface area contributed by atoms with Crippen molar-refractivity contribution in [3.63, 3.8) is 0 Å². The molecule has 3 rings (SSSR count). The molecule has 0 atom stereocenters. The number of nitrogens with zero attached hydrogens (tertiary/aromatic N) is 2. The molecule has 1 aromatic heterocycles. The number of hydrogen-bond donors (Lipinski definition) is 0.